The predicted octanol–water partition coefficient (Wildman–Crippen LogP) is 2.13. The van der Waals surface area contributed by atoms with E-state index in [1.165, 1.54) is 71.0 Å². The molecule has 2 fully saturated rings. The molecule has 14 heavy (non-hydrogen) atoms. The summed E-state index contributed by atoms with van der Waals surface area (Å²) in [5.41, 5.74) is 6.56. The minimum atomic E-state index is 0.206. The first-order valence-corrected chi connectivity index (χ1v) is 6.30. The second-order valence-corrected chi connectivity index (χ2v) is 5.22. The first kappa shape index (κ1) is 10.4. The Morgan fingerprint density at radius 2 is 1.57 bits per heavy atom. The van der Waals surface area contributed by atoms with Crippen LogP contribution in [0.4, 0.5) is 0 Å². The molecule has 1 saturated carbocycles. The van der Waals surface area contributed by atoms with Crippen molar-refractivity contribution in [1.29, 1.82) is 0 Å². The van der Waals surface area contributed by atoms with Gasteiger partial charge in [0.2, 0.25) is 0 Å². The Balaban J connectivity index is 1.70. The van der Waals surface area contributed by atoms with Crippen LogP contribution in [0.3, 0.4) is 0 Å². The normalized spacial score (nSPS) is 28.1. The fourth-order valence-corrected chi connectivity index (χ4v) is 2.89. The Hall–Kier alpha value is -0.0800. The van der Waals surface area contributed by atoms with Gasteiger partial charge in [-0.1, -0.05) is 19.3 Å². The lowest BCUT2D eigenvalue weighted by molar-refractivity contribution is 0.205. The van der Waals surface area contributed by atoms with Crippen LogP contribution in [0.2, 0.25) is 0 Å². The number of hydrogen-bond acceptors (Lipinski definition) is 2. The van der Waals surface area contributed by atoms with E-state index in [0.717, 1.165) is 0 Å². The van der Waals surface area contributed by atoms with Crippen molar-refractivity contribution in [3.8, 4) is 0 Å². The standard InChI is InChI=1S/C12H24N2/c13-12(6-2-3-7-12)8-11-14-9-4-1-5-10-14/h1-11,13H2. The highest BCUT2D eigenvalue weighted by molar-refractivity contribution is 4.89. The van der Waals surface area contributed by atoms with Crippen LogP contribution in [-0.4, -0.2) is 30.1 Å². The van der Waals surface area contributed by atoms with Crippen molar-refractivity contribution in [2.24, 2.45) is 5.73 Å². The molecule has 1 aliphatic carbocycles. The molecule has 0 aromatic rings. The van der Waals surface area contributed by atoms with Crippen LogP contribution in [0.25, 0.3) is 0 Å². The van der Waals surface area contributed by atoms with E-state index in [4.69, 9.17) is 5.73 Å². The maximum absolute atomic E-state index is 6.35. The topological polar surface area (TPSA) is 29.3 Å². The molecular formula is C12H24N2. The van der Waals surface area contributed by atoms with Crippen molar-refractivity contribution in [1.82, 2.24) is 4.90 Å². The van der Waals surface area contributed by atoms with Gasteiger partial charge in [0.15, 0.2) is 0 Å². The van der Waals surface area contributed by atoms with E-state index >= 15 is 0 Å². The molecule has 0 bridgehead atoms. The number of likely N-dealkylation sites (tertiary alicyclic amines) is 1. The largest absolute Gasteiger partial charge is 0.325 e. The van der Waals surface area contributed by atoms with Gasteiger partial charge in [-0.3, -0.25) is 0 Å². The summed E-state index contributed by atoms with van der Waals surface area (Å²) in [6.45, 7) is 3.88. The summed E-state index contributed by atoms with van der Waals surface area (Å²) >= 11 is 0. The lowest BCUT2D eigenvalue weighted by Crippen LogP contribution is -2.41. The van der Waals surface area contributed by atoms with Gasteiger partial charge in [-0.05, 0) is 51.7 Å². The Bertz CT molecular complexity index is 167. The molecule has 0 spiro atoms. The van der Waals surface area contributed by atoms with Gasteiger partial charge in [0, 0.05) is 5.54 Å². The Labute approximate surface area is 87.8 Å². The molecule has 0 unspecified atom stereocenters. The second kappa shape index (κ2) is 4.63. The van der Waals surface area contributed by atoms with Gasteiger partial charge in [-0.15, -0.1) is 0 Å². The molecule has 2 aliphatic rings. The zero-order valence-corrected chi connectivity index (χ0v) is 9.30. The van der Waals surface area contributed by atoms with Gasteiger partial charge in [0.25, 0.3) is 0 Å². The van der Waals surface area contributed by atoms with Crippen molar-refractivity contribution < 1.29 is 0 Å². The summed E-state index contributed by atoms with van der Waals surface area (Å²) < 4.78 is 0. The molecule has 0 atom stereocenters. The van der Waals surface area contributed by atoms with Crippen LogP contribution in [0.5, 0.6) is 0 Å². The van der Waals surface area contributed by atoms with E-state index in [1.54, 1.807) is 0 Å². The maximum atomic E-state index is 6.35. The molecule has 2 N–H and O–H groups in total. The Kier molecular flexibility index (Phi) is 3.45. The average Bonchev–Trinajstić information content (AvgIpc) is 2.65. The Morgan fingerprint density at radius 3 is 2.21 bits per heavy atom. The molecule has 0 radical (unpaired) electrons. The van der Waals surface area contributed by atoms with Gasteiger partial charge in [0.05, 0.1) is 0 Å². The zero-order chi connectivity index (χ0) is 9.86. The van der Waals surface area contributed by atoms with Crippen molar-refractivity contribution in [3.63, 3.8) is 0 Å². The number of hydrogen-bond donors (Lipinski definition) is 1. The molecule has 2 rings (SSSR count). The highest BCUT2D eigenvalue weighted by atomic mass is 15.1. The van der Waals surface area contributed by atoms with Crippen molar-refractivity contribution >= 4 is 0 Å². The smallest absolute Gasteiger partial charge is 0.0166 e. The highest BCUT2D eigenvalue weighted by Crippen LogP contribution is 2.30. The summed E-state index contributed by atoms with van der Waals surface area (Å²) in [5, 5.41) is 0. The summed E-state index contributed by atoms with van der Waals surface area (Å²) in [6.07, 6.45) is 10.7. The fraction of sp³-hybridized carbons (Fsp3) is 1.00. The minimum absolute atomic E-state index is 0.206. The number of nitrogens with zero attached hydrogens (tertiary/aromatic N) is 1. The van der Waals surface area contributed by atoms with E-state index in [2.05, 4.69) is 4.90 Å². The van der Waals surface area contributed by atoms with Gasteiger partial charge in [-0.25, -0.2) is 0 Å². The first-order chi connectivity index (χ1) is 6.79. The lowest BCUT2D eigenvalue weighted by Gasteiger charge is -2.31. The average molecular weight is 196 g/mol. The van der Waals surface area contributed by atoms with Crippen molar-refractivity contribution in [2.75, 3.05) is 19.6 Å². The molecule has 1 heterocycles. The van der Waals surface area contributed by atoms with E-state index in [1.807, 2.05) is 0 Å². The zero-order valence-electron chi connectivity index (χ0n) is 9.30. The third kappa shape index (κ3) is 2.71. The molecule has 1 saturated heterocycles. The predicted molar refractivity (Wildman–Crippen MR) is 60.3 cm³/mol. The van der Waals surface area contributed by atoms with E-state index in [-0.39, 0.29) is 5.54 Å². The van der Waals surface area contributed by atoms with E-state index < -0.39 is 0 Å². The summed E-state index contributed by atoms with van der Waals surface area (Å²) in [6, 6.07) is 0. The van der Waals surface area contributed by atoms with Crippen LogP contribution in [0.15, 0.2) is 0 Å². The number of piperidine rings is 1. The number of rotatable bonds is 3. The molecule has 2 heteroatoms. The minimum Gasteiger partial charge on any atom is -0.325 e. The Morgan fingerprint density at radius 1 is 0.929 bits per heavy atom. The van der Waals surface area contributed by atoms with E-state index in [9.17, 15) is 0 Å². The third-order valence-corrected chi connectivity index (χ3v) is 3.97. The van der Waals surface area contributed by atoms with Gasteiger partial charge >= 0.3 is 0 Å². The van der Waals surface area contributed by atoms with Crippen LogP contribution >= 0.6 is 0 Å². The third-order valence-electron chi connectivity index (χ3n) is 3.97. The molecule has 82 valence electrons. The van der Waals surface area contributed by atoms with Gasteiger partial charge in [-0.2, -0.15) is 0 Å². The first-order valence-electron chi connectivity index (χ1n) is 6.30. The summed E-state index contributed by atoms with van der Waals surface area (Å²) in [7, 11) is 0. The summed E-state index contributed by atoms with van der Waals surface area (Å²) in [4.78, 5) is 2.61. The molecule has 1 aliphatic heterocycles. The molecule has 2 nitrogen and oxygen atoms in total. The van der Waals surface area contributed by atoms with Gasteiger partial charge in [0.1, 0.15) is 0 Å². The SMILES string of the molecule is NC1(CCN2CCCCC2)CCCC1. The van der Waals surface area contributed by atoms with Crippen molar-refractivity contribution in [2.45, 2.75) is 56.9 Å². The highest BCUT2D eigenvalue weighted by Gasteiger charge is 2.29. The van der Waals surface area contributed by atoms with Crippen LogP contribution < -0.4 is 5.73 Å². The fourth-order valence-electron chi connectivity index (χ4n) is 2.89. The second-order valence-electron chi connectivity index (χ2n) is 5.22. The van der Waals surface area contributed by atoms with Crippen molar-refractivity contribution in [3.05, 3.63) is 0 Å². The van der Waals surface area contributed by atoms with Gasteiger partial charge < -0.3 is 10.6 Å². The molecule has 0 aromatic heterocycles. The molecular weight excluding hydrogens is 172 g/mol. The monoisotopic (exact) mass is 196 g/mol. The van der Waals surface area contributed by atoms with E-state index in [0.29, 0.717) is 0 Å². The van der Waals surface area contributed by atoms with Crippen LogP contribution in [0, 0.1) is 0 Å². The molecule has 0 amide bonds. The molecule has 0 aromatic carbocycles. The lowest BCUT2D eigenvalue weighted by atomic mass is 9.94. The van der Waals surface area contributed by atoms with Crippen LogP contribution in [0.1, 0.15) is 51.4 Å². The summed E-state index contributed by atoms with van der Waals surface area (Å²) in [5.74, 6) is 0. The maximum Gasteiger partial charge on any atom is 0.0166 e. The van der Waals surface area contributed by atoms with Crippen LogP contribution in [-0.2, 0) is 0 Å². The number of nitrogens with two attached hydrogens (primary N) is 1. The quantitative estimate of drug-likeness (QED) is 0.749.